The third kappa shape index (κ3) is 5.14. The number of hydrogen-bond acceptors (Lipinski definition) is 6. The van der Waals surface area contributed by atoms with Gasteiger partial charge in [0.1, 0.15) is 23.3 Å². The van der Waals surface area contributed by atoms with Crippen LogP contribution in [-0.4, -0.2) is 39.3 Å². The van der Waals surface area contributed by atoms with Gasteiger partial charge in [-0.3, -0.25) is 14.3 Å². The highest BCUT2D eigenvalue weighted by atomic mass is 16.5. The van der Waals surface area contributed by atoms with Crippen LogP contribution in [0.4, 0.5) is 5.69 Å². The van der Waals surface area contributed by atoms with Crippen molar-refractivity contribution in [3.63, 3.8) is 0 Å². The molecule has 9 nitrogen and oxygen atoms in total. The number of aromatic nitrogens is 3. The minimum absolute atomic E-state index is 0.172. The average molecular weight is 452 g/mol. The summed E-state index contributed by atoms with van der Waals surface area (Å²) >= 11 is 0. The molecule has 1 atom stereocenters. The van der Waals surface area contributed by atoms with Crippen molar-refractivity contribution in [3.8, 4) is 11.5 Å². The fraction of sp³-hybridized carbons (Fsp3) is 0.417. The monoisotopic (exact) mass is 451 g/mol. The minimum Gasteiger partial charge on any atom is -0.441 e. The van der Waals surface area contributed by atoms with Crippen molar-refractivity contribution in [3.05, 3.63) is 53.2 Å². The van der Waals surface area contributed by atoms with Gasteiger partial charge in [-0.05, 0) is 44.4 Å². The van der Waals surface area contributed by atoms with Crippen molar-refractivity contribution in [2.24, 2.45) is 7.05 Å². The molecule has 0 spiro atoms. The molecule has 0 bridgehead atoms. The minimum atomic E-state index is -0.431. The molecule has 3 heterocycles. The zero-order chi connectivity index (χ0) is 23.4. The van der Waals surface area contributed by atoms with Crippen LogP contribution in [-0.2, 0) is 29.5 Å². The molecule has 1 aromatic carbocycles. The Morgan fingerprint density at radius 3 is 2.85 bits per heavy atom. The van der Waals surface area contributed by atoms with Gasteiger partial charge in [0.25, 0.3) is 11.8 Å². The number of nitrogens with one attached hydrogen (secondary N) is 2. The number of nitrogens with zero attached hydrogens (tertiary/aromatic N) is 3. The third-order valence-electron chi connectivity index (χ3n) is 5.62. The van der Waals surface area contributed by atoms with Crippen LogP contribution in [0.15, 0.2) is 34.7 Å². The molecule has 1 aliphatic heterocycles. The summed E-state index contributed by atoms with van der Waals surface area (Å²) < 4.78 is 12.9. The first kappa shape index (κ1) is 22.7. The van der Waals surface area contributed by atoms with Gasteiger partial charge in [-0.2, -0.15) is 5.10 Å². The van der Waals surface area contributed by atoms with Gasteiger partial charge in [-0.15, -0.1) is 0 Å². The maximum absolute atomic E-state index is 12.7. The predicted molar refractivity (Wildman–Crippen MR) is 123 cm³/mol. The Hall–Kier alpha value is -3.46. The molecule has 3 aromatic rings. The molecule has 4 rings (SSSR count). The van der Waals surface area contributed by atoms with Gasteiger partial charge in [-0.1, -0.05) is 25.5 Å². The topological polar surface area (TPSA) is 111 Å². The summed E-state index contributed by atoms with van der Waals surface area (Å²) in [6, 6.07) is 9.15. The predicted octanol–water partition coefficient (Wildman–Crippen LogP) is 3.38. The van der Waals surface area contributed by atoms with Crippen LogP contribution in [0, 0.1) is 6.92 Å². The second-order valence-corrected chi connectivity index (χ2v) is 8.14. The number of rotatable bonds is 8. The number of benzene rings is 1. The molecule has 0 saturated carbocycles. The smallest absolute Gasteiger partial charge is 0.269 e. The molecule has 2 aromatic heterocycles. The van der Waals surface area contributed by atoms with E-state index in [1.165, 1.54) is 0 Å². The van der Waals surface area contributed by atoms with Gasteiger partial charge in [0.05, 0.1) is 23.5 Å². The van der Waals surface area contributed by atoms with Crippen molar-refractivity contribution in [1.82, 2.24) is 20.1 Å². The molecular formula is C24H29N5O4. The second kappa shape index (κ2) is 9.99. The van der Waals surface area contributed by atoms with Crippen molar-refractivity contribution in [2.75, 3.05) is 11.9 Å². The number of aryl methyl sites for hydroxylation is 3. The first-order chi connectivity index (χ1) is 16.0. The number of ether oxygens (including phenoxy) is 1. The maximum Gasteiger partial charge on any atom is 0.269 e. The Labute approximate surface area is 192 Å². The zero-order valence-corrected chi connectivity index (χ0v) is 19.2. The van der Waals surface area contributed by atoms with Crippen molar-refractivity contribution in [1.29, 1.82) is 0 Å². The van der Waals surface area contributed by atoms with Crippen molar-refractivity contribution in [2.45, 2.75) is 52.2 Å². The van der Waals surface area contributed by atoms with Crippen LogP contribution in [0.3, 0.4) is 0 Å². The third-order valence-corrected chi connectivity index (χ3v) is 5.62. The number of amides is 2. The van der Waals surface area contributed by atoms with E-state index >= 15 is 0 Å². The summed E-state index contributed by atoms with van der Waals surface area (Å²) in [6.07, 6.45) is 2.96. The Morgan fingerprint density at radius 1 is 1.27 bits per heavy atom. The number of para-hydroxylation sites is 1. The van der Waals surface area contributed by atoms with E-state index in [4.69, 9.17) is 9.15 Å². The number of carbonyl (C=O) groups excluding carboxylic acids is 2. The zero-order valence-electron chi connectivity index (χ0n) is 19.2. The Balaban J connectivity index is 1.46. The molecule has 33 heavy (non-hydrogen) atoms. The molecule has 2 N–H and O–H groups in total. The molecule has 2 amide bonds. The fourth-order valence-corrected chi connectivity index (χ4v) is 3.86. The summed E-state index contributed by atoms with van der Waals surface area (Å²) in [4.78, 5) is 29.7. The van der Waals surface area contributed by atoms with Crippen LogP contribution < -0.4 is 10.6 Å². The van der Waals surface area contributed by atoms with E-state index in [1.807, 2.05) is 24.3 Å². The van der Waals surface area contributed by atoms with Gasteiger partial charge in [-0.25, -0.2) is 4.98 Å². The molecular weight excluding hydrogens is 422 g/mol. The highest BCUT2D eigenvalue weighted by Gasteiger charge is 2.25. The highest BCUT2D eigenvalue weighted by molar-refractivity contribution is 5.97. The molecule has 9 heteroatoms. The van der Waals surface area contributed by atoms with Gasteiger partial charge >= 0.3 is 0 Å². The lowest BCUT2D eigenvalue weighted by molar-refractivity contribution is -0.124. The lowest BCUT2D eigenvalue weighted by Crippen LogP contribution is -2.27. The van der Waals surface area contributed by atoms with Crippen LogP contribution >= 0.6 is 0 Å². The maximum atomic E-state index is 12.7. The first-order valence-electron chi connectivity index (χ1n) is 11.3. The van der Waals surface area contributed by atoms with Gasteiger partial charge < -0.3 is 19.8 Å². The lowest BCUT2D eigenvalue weighted by Gasteiger charge is -2.12. The van der Waals surface area contributed by atoms with Gasteiger partial charge in [0, 0.05) is 13.7 Å². The lowest BCUT2D eigenvalue weighted by atomic mass is 10.1. The van der Waals surface area contributed by atoms with E-state index in [0.29, 0.717) is 47.3 Å². The van der Waals surface area contributed by atoms with Crippen LogP contribution in [0.25, 0.3) is 11.5 Å². The molecule has 1 fully saturated rings. The molecule has 1 aliphatic rings. The normalized spacial score (nSPS) is 15.5. The molecule has 0 radical (unpaired) electrons. The van der Waals surface area contributed by atoms with Gasteiger partial charge in [0.15, 0.2) is 0 Å². The largest absolute Gasteiger partial charge is 0.441 e. The second-order valence-electron chi connectivity index (χ2n) is 8.14. The fourth-order valence-electron chi connectivity index (χ4n) is 3.86. The number of carbonyl (C=O) groups is 2. The van der Waals surface area contributed by atoms with Crippen LogP contribution in [0.1, 0.15) is 53.8 Å². The number of anilines is 1. The van der Waals surface area contributed by atoms with E-state index in [1.54, 1.807) is 24.7 Å². The number of oxazole rings is 1. The van der Waals surface area contributed by atoms with Crippen molar-refractivity contribution >= 4 is 17.5 Å². The molecule has 1 unspecified atom stereocenters. The summed E-state index contributed by atoms with van der Waals surface area (Å²) in [5.41, 5.74) is 3.29. The molecule has 174 valence electrons. The first-order valence-corrected chi connectivity index (χ1v) is 11.3. The molecule has 1 saturated heterocycles. The Kier molecular flexibility index (Phi) is 6.88. The summed E-state index contributed by atoms with van der Waals surface area (Å²) in [6.45, 7) is 4.69. The van der Waals surface area contributed by atoms with Gasteiger partial charge in [0.2, 0.25) is 5.89 Å². The summed E-state index contributed by atoms with van der Waals surface area (Å²) in [5.74, 6) is 0.586. The standard InChI is InChI=1S/C24H29N5O4/c1-4-8-16-13-20(29(3)28-16)22(30)25-14-19-15(2)33-24(27-19)17-9-5-6-10-18(17)26-23(31)21-11-7-12-32-21/h5-6,9-10,13,21H,4,7-8,11-12,14H2,1-3H3,(H,25,30)(H,26,31). The highest BCUT2D eigenvalue weighted by Crippen LogP contribution is 2.29. The number of hydrogen-bond donors (Lipinski definition) is 2. The van der Waals surface area contributed by atoms with E-state index in [2.05, 4.69) is 27.6 Å². The SMILES string of the molecule is CCCc1cc(C(=O)NCc2nc(-c3ccccc3NC(=O)C3CCCO3)oc2C)n(C)n1. The van der Waals surface area contributed by atoms with Crippen LogP contribution in [0.5, 0.6) is 0 Å². The average Bonchev–Trinajstić information content (AvgIpc) is 3.53. The summed E-state index contributed by atoms with van der Waals surface area (Å²) in [7, 11) is 1.76. The quantitative estimate of drug-likeness (QED) is 0.543. The Morgan fingerprint density at radius 2 is 2.09 bits per heavy atom. The van der Waals surface area contributed by atoms with E-state index < -0.39 is 6.10 Å². The summed E-state index contributed by atoms with van der Waals surface area (Å²) in [5, 5.41) is 10.2. The van der Waals surface area contributed by atoms with Crippen LogP contribution in [0.2, 0.25) is 0 Å². The van der Waals surface area contributed by atoms with Crippen molar-refractivity contribution < 1.29 is 18.7 Å². The Bertz CT molecular complexity index is 1140. The van der Waals surface area contributed by atoms with E-state index in [0.717, 1.165) is 25.0 Å². The van der Waals surface area contributed by atoms with E-state index in [9.17, 15) is 9.59 Å². The van der Waals surface area contributed by atoms with E-state index in [-0.39, 0.29) is 18.4 Å². The molecule has 0 aliphatic carbocycles.